The van der Waals surface area contributed by atoms with Gasteiger partial charge in [0.1, 0.15) is 11.2 Å². The first-order chi connectivity index (χ1) is 16.8. The third-order valence-corrected chi connectivity index (χ3v) is 7.31. The van der Waals surface area contributed by atoms with E-state index in [1.807, 2.05) is 12.1 Å². The van der Waals surface area contributed by atoms with Gasteiger partial charge in [0.15, 0.2) is 0 Å². The quantitative estimate of drug-likeness (QED) is 0.254. The van der Waals surface area contributed by atoms with Gasteiger partial charge in [0.2, 0.25) is 0 Å². The number of aryl methyl sites for hydroxylation is 1. The molecule has 0 bridgehead atoms. The van der Waals surface area contributed by atoms with Crippen molar-refractivity contribution in [2.45, 2.75) is 0 Å². The van der Waals surface area contributed by atoms with E-state index in [0.29, 0.717) is 0 Å². The summed E-state index contributed by atoms with van der Waals surface area (Å²) in [4.78, 5) is 0. The largest absolute Gasteiger partial charge is 0.456 e. The molecule has 0 atom stereocenters. The van der Waals surface area contributed by atoms with E-state index in [4.69, 9.17) is 4.42 Å². The number of fused-ring (bicyclic) bond motifs is 9. The molecule has 0 saturated heterocycles. The summed E-state index contributed by atoms with van der Waals surface area (Å²) in [6.45, 7) is 0. The van der Waals surface area contributed by atoms with Crippen LogP contribution in [0.5, 0.6) is 0 Å². The minimum absolute atomic E-state index is 0.934. The maximum absolute atomic E-state index is 6.23. The number of hydrogen-bond donors (Lipinski definition) is 0. The average molecular weight is 437 g/mol. The molecule has 5 aromatic carbocycles. The van der Waals surface area contributed by atoms with E-state index in [0.717, 1.165) is 21.9 Å². The number of hydrogen-bond acceptors (Lipinski definition) is 1. The number of aromatic nitrogens is 2. The Labute approximate surface area is 195 Å². The van der Waals surface area contributed by atoms with Crippen molar-refractivity contribution >= 4 is 65.6 Å². The number of furan rings is 1. The zero-order valence-electron chi connectivity index (χ0n) is 18.6. The number of benzene rings is 5. The number of para-hydroxylation sites is 3. The van der Waals surface area contributed by atoms with Gasteiger partial charge in [-0.15, -0.1) is 0 Å². The summed E-state index contributed by atoms with van der Waals surface area (Å²) >= 11 is 0. The van der Waals surface area contributed by atoms with Gasteiger partial charge in [-0.2, -0.15) is 0 Å². The molecule has 0 radical (unpaired) electrons. The second-order valence-corrected chi connectivity index (χ2v) is 9.10. The standard InChI is InChI=1S/C31H20N2O/c1-32-27-15-22-20-11-5-7-13-26(20)33(19-9-3-2-4-10-19)29(22)16-23(27)24-18-31-25(17-28(24)32)21-12-6-8-14-30(21)34-31/h2-18H,1H3. The van der Waals surface area contributed by atoms with Gasteiger partial charge in [0, 0.05) is 56.1 Å². The van der Waals surface area contributed by atoms with Crippen LogP contribution in [0.15, 0.2) is 108 Å². The van der Waals surface area contributed by atoms with Crippen LogP contribution in [0.4, 0.5) is 0 Å². The molecule has 160 valence electrons. The molecule has 34 heavy (non-hydrogen) atoms. The highest BCUT2D eigenvalue weighted by Crippen LogP contribution is 2.40. The lowest BCUT2D eigenvalue weighted by Gasteiger charge is -2.07. The molecule has 0 saturated carbocycles. The molecule has 0 unspecified atom stereocenters. The van der Waals surface area contributed by atoms with Gasteiger partial charge < -0.3 is 13.6 Å². The fraction of sp³-hybridized carbons (Fsp3) is 0.0323. The van der Waals surface area contributed by atoms with Crippen molar-refractivity contribution in [1.29, 1.82) is 0 Å². The van der Waals surface area contributed by atoms with Gasteiger partial charge in [-0.3, -0.25) is 0 Å². The fourth-order valence-corrected chi connectivity index (χ4v) is 5.74. The molecular weight excluding hydrogens is 416 g/mol. The normalized spacial score (nSPS) is 12.3. The first kappa shape index (κ1) is 18.0. The SMILES string of the molecule is Cn1c2cc3c(cc2c2cc4c(cc21)c1ccccc1n4-c1ccccc1)oc1ccccc13. The molecule has 0 spiro atoms. The Bertz CT molecular complexity index is 2070. The summed E-state index contributed by atoms with van der Waals surface area (Å²) in [6.07, 6.45) is 0. The highest BCUT2D eigenvalue weighted by molar-refractivity contribution is 6.21. The summed E-state index contributed by atoms with van der Waals surface area (Å²) in [5.74, 6) is 0. The topological polar surface area (TPSA) is 23.0 Å². The average Bonchev–Trinajstić information content (AvgIpc) is 3.50. The molecule has 8 aromatic rings. The van der Waals surface area contributed by atoms with Gasteiger partial charge in [0.05, 0.1) is 11.0 Å². The molecular formula is C31H20N2O. The Balaban J connectivity index is 1.56. The maximum atomic E-state index is 6.23. The van der Waals surface area contributed by atoms with Crippen molar-refractivity contribution in [3.63, 3.8) is 0 Å². The Morgan fingerprint density at radius 1 is 0.471 bits per heavy atom. The van der Waals surface area contributed by atoms with Crippen LogP contribution in [0.25, 0.3) is 71.2 Å². The Morgan fingerprint density at radius 3 is 1.94 bits per heavy atom. The molecule has 0 N–H and O–H groups in total. The number of nitrogens with zero attached hydrogens (tertiary/aromatic N) is 2. The third kappa shape index (κ3) is 2.21. The minimum atomic E-state index is 0.934. The van der Waals surface area contributed by atoms with Crippen molar-refractivity contribution in [3.8, 4) is 5.69 Å². The minimum Gasteiger partial charge on any atom is -0.456 e. The molecule has 8 rings (SSSR count). The van der Waals surface area contributed by atoms with Gasteiger partial charge in [-0.1, -0.05) is 54.6 Å². The van der Waals surface area contributed by atoms with Crippen LogP contribution < -0.4 is 0 Å². The van der Waals surface area contributed by atoms with E-state index in [-0.39, 0.29) is 0 Å². The molecule has 0 amide bonds. The molecule has 0 aliphatic heterocycles. The zero-order valence-corrected chi connectivity index (χ0v) is 18.6. The Morgan fingerprint density at radius 2 is 1.09 bits per heavy atom. The summed E-state index contributed by atoms with van der Waals surface area (Å²) in [5.41, 5.74) is 7.94. The van der Waals surface area contributed by atoms with Crippen LogP contribution in [0.1, 0.15) is 0 Å². The van der Waals surface area contributed by atoms with E-state index in [1.54, 1.807) is 0 Å². The van der Waals surface area contributed by atoms with E-state index < -0.39 is 0 Å². The van der Waals surface area contributed by atoms with Gasteiger partial charge in [0.25, 0.3) is 0 Å². The highest BCUT2D eigenvalue weighted by Gasteiger charge is 2.18. The van der Waals surface area contributed by atoms with E-state index in [2.05, 4.69) is 107 Å². The van der Waals surface area contributed by atoms with Crippen molar-refractivity contribution in [2.24, 2.45) is 7.05 Å². The molecule has 3 heteroatoms. The molecule has 0 fully saturated rings. The third-order valence-electron chi connectivity index (χ3n) is 7.31. The van der Waals surface area contributed by atoms with Crippen LogP contribution in [-0.4, -0.2) is 9.13 Å². The van der Waals surface area contributed by atoms with Gasteiger partial charge in [-0.05, 0) is 48.5 Å². The lowest BCUT2D eigenvalue weighted by molar-refractivity contribution is 0.669. The lowest BCUT2D eigenvalue weighted by Crippen LogP contribution is -1.93. The predicted molar refractivity (Wildman–Crippen MR) is 142 cm³/mol. The second-order valence-electron chi connectivity index (χ2n) is 9.10. The fourth-order valence-electron chi connectivity index (χ4n) is 5.74. The molecule has 3 aromatic heterocycles. The summed E-state index contributed by atoms with van der Waals surface area (Å²) in [6, 6.07) is 36.8. The Hall–Kier alpha value is -4.50. The summed E-state index contributed by atoms with van der Waals surface area (Å²) in [7, 11) is 2.17. The predicted octanol–water partition coefficient (Wildman–Crippen LogP) is 8.33. The maximum Gasteiger partial charge on any atom is 0.136 e. The molecule has 0 aliphatic carbocycles. The monoisotopic (exact) mass is 436 g/mol. The van der Waals surface area contributed by atoms with Crippen LogP contribution >= 0.6 is 0 Å². The van der Waals surface area contributed by atoms with E-state index in [1.165, 1.54) is 49.3 Å². The van der Waals surface area contributed by atoms with Crippen molar-refractivity contribution in [2.75, 3.05) is 0 Å². The summed E-state index contributed by atoms with van der Waals surface area (Å²) in [5, 5.41) is 7.33. The molecule has 3 heterocycles. The Kier molecular flexibility index (Phi) is 3.33. The summed E-state index contributed by atoms with van der Waals surface area (Å²) < 4.78 is 10.9. The van der Waals surface area contributed by atoms with Gasteiger partial charge in [-0.25, -0.2) is 0 Å². The molecule has 0 aliphatic rings. The smallest absolute Gasteiger partial charge is 0.136 e. The van der Waals surface area contributed by atoms with Crippen LogP contribution in [0, 0.1) is 0 Å². The zero-order chi connectivity index (χ0) is 22.4. The first-order valence-electron chi connectivity index (χ1n) is 11.6. The second kappa shape index (κ2) is 6.30. The van der Waals surface area contributed by atoms with Gasteiger partial charge >= 0.3 is 0 Å². The molecule has 3 nitrogen and oxygen atoms in total. The first-order valence-corrected chi connectivity index (χ1v) is 11.6. The van der Waals surface area contributed by atoms with E-state index in [9.17, 15) is 0 Å². The van der Waals surface area contributed by atoms with E-state index >= 15 is 0 Å². The van der Waals surface area contributed by atoms with Crippen molar-refractivity contribution in [1.82, 2.24) is 9.13 Å². The van der Waals surface area contributed by atoms with Crippen molar-refractivity contribution in [3.05, 3.63) is 103 Å². The van der Waals surface area contributed by atoms with Crippen molar-refractivity contribution < 1.29 is 4.42 Å². The lowest BCUT2D eigenvalue weighted by atomic mass is 10.1. The number of rotatable bonds is 1. The van der Waals surface area contributed by atoms with Crippen LogP contribution in [-0.2, 0) is 7.05 Å². The van der Waals surface area contributed by atoms with Crippen LogP contribution in [0.2, 0.25) is 0 Å². The highest BCUT2D eigenvalue weighted by atomic mass is 16.3. The van der Waals surface area contributed by atoms with Crippen LogP contribution in [0.3, 0.4) is 0 Å².